The van der Waals surface area contributed by atoms with Crippen molar-refractivity contribution in [3.05, 3.63) is 47.4 Å². The Balaban J connectivity index is 0.000000479. The molecule has 2 atom stereocenters. The minimum Gasteiger partial charge on any atom is -0.475 e. The lowest BCUT2D eigenvalue weighted by molar-refractivity contribution is -0.192. The van der Waals surface area contributed by atoms with Crippen molar-refractivity contribution in [2.24, 2.45) is 0 Å². The van der Waals surface area contributed by atoms with Gasteiger partial charge < -0.3 is 15.9 Å². The van der Waals surface area contributed by atoms with Gasteiger partial charge in [0.15, 0.2) is 23.3 Å². The number of hydrogen-bond donors (Lipinski definition) is 3. The zero-order valence-corrected chi connectivity index (χ0v) is 16.9. The second-order valence-corrected chi connectivity index (χ2v) is 6.87. The van der Waals surface area contributed by atoms with Crippen molar-refractivity contribution in [3.63, 3.8) is 0 Å². The summed E-state index contributed by atoms with van der Waals surface area (Å²) in [5.41, 5.74) is 6.26. The Labute approximate surface area is 181 Å². The molecular formula is C19H17F7N4O3. The van der Waals surface area contributed by atoms with Crippen molar-refractivity contribution in [3.8, 4) is 11.3 Å². The Bertz CT molecular complexity index is 1160. The number of halogens is 7. The number of imidazole rings is 1. The van der Waals surface area contributed by atoms with E-state index in [9.17, 15) is 35.8 Å². The highest BCUT2D eigenvalue weighted by Crippen LogP contribution is 2.33. The second kappa shape index (κ2) is 9.21. The predicted molar refractivity (Wildman–Crippen MR) is 102 cm³/mol. The lowest BCUT2D eigenvalue weighted by Gasteiger charge is -2.15. The average molecular weight is 482 g/mol. The summed E-state index contributed by atoms with van der Waals surface area (Å²) in [5.74, 6) is -3.11. The van der Waals surface area contributed by atoms with Crippen LogP contribution in [0.4, 0.5) is 36.6 Å². The lowest BCUT2D eigenvalue weighted by Crippen LogP contribution is -2.21. The second-order valence-electron chi connectivity index (χ2n) is 6.87. The van der Waals surface area contributed by atoms with Crippen LogP contribution in [0.1, 0.15) is 29.9 Å². The Morgan fingerprint density at radius 3 is 2.24 bits per heavy atom. The Hall–Kier alpha value is -3.42. The van der Waals surface area contributed by atoms with Crippen LogP contribution < -0.4 is 5.73 Å². The summed E-state index contributed by atoms with van der Waals surface area (Å²) in [6.07, 6.45) is -10.4. The van der Waals surface area contributed by atoms with Gasteiger partial charge in [-0.1, -0.05) is 12.1 Å². The number of hydrogen-bond acceptors (Lipinski definition) is 5. The highest BCUT2D eigenvalue weighted by atomic mass is 19.4. The molecule has 14 heteroatoms. The first-order chi connectivity index (χ1) is 15.0. The van der Waals surface area contributed by atoms with E-state index in [0.717, 1.165) is 6.20 Å². The monoisotopic (exact) mass is 482 g/mol. The van der Waals surface area contributed by atoms with E-state index in [4.69, 9.17) is 15.6 Å². The number of aromatic nitrogens is 3. The van der Waals surface area contributed by atoms with Gasteiger partial charge in [0.05, 0.1) is 18.0 Å². The molecule has 0 bridgehead atoms. The maximum atomic E-state index is 14.2. The molecule has 3 rings (SSSR count). The summed E-state index contributed by atoms with van der Waals surface area (Å²) in [4.78, 5) is 16.3. The number of carbonyl (C=O) groups is 1. The Kier molecular flexibility index (Phi) is 7.21. The van der Waals surface area contributed by atoms with Crippen molar-refractivity contribution < 1.29 is 45.7 Å². The number of aliphatic hydroxyl groups excluding tert-OH is 1. The molecule has 3 aromatic rings. The molecule has 0 aliphatic rings. The predicted octanol–water partition coefficient (Wildman–Crippen LogP) is 4.33. The number of rotatable bonds is 3. The van der Waals surface area contributed by atoms with Crippen molar-refractivity contribution in [2.45, 2.75) is 38.5 Å². The van der Waals surface area contributed by atoms with E-state index in [1.165, 1.54) is 29.7 Å². The molecule has 0 aliphatic heterocycles. The van der Waals surface area contributed by atoms with Crippen LogP contribution in [0.25, 0.3) is 16.9 Å². The summed E-state index contributed by atoms with van der Waals surface area (Å²) < 4.78 is 86.2. The number of benzene rings is 1. The number of aliphatic carboxylic acids is 1. The zero-order valence-electron chi connectivity index (χ0n) is 16.9. The van der Waals surface area contributed by atoms with Gasteiger partial charge in [0.1, 0.15) is 0 Å². The molecule has 0 radical (unpaired) electrons. The molecule has 0 saturated heterocycles. The molecule has 2 aromatic heterocycles. The average Bonchev–Trinajstić information content (AvgIpc) is 3.11. The molecule has 0 aliphatic carbocycles. The molecule has 4 N–H and O–H groups in total. The number of nitrogen functional groups attached to an aromatic ring is 1. The third-order valence-electron chi connectivity index (χ3n) is 4.33. The van der Waals surface area contributed by atoms with E-state index in [-0.39, 0.29) is 17.0 Å². The minimum absolute atomic E-state index is 0.0742. The van der Waals surface area contributed by atoms with Gasteiger partial charge in [0, 0.05) is 11.8 Å². The Morgan fingerprint density at radius 2 is 1.76 bits per heavy atom. The topological polar surface area (TPSA) is 114 Å². The molecule has 2 unspecified atom stereocenters. The first-order valence-electron chi connectivity index (χ1n) is 8.98. The van der Waals surface area contributed by atoms with Gasteiger partial charge in [-0.25, -0.2) is 19.2 Å². The quantitative estimate of drug-likeness (QED) is 0.479. The molecule has 0 spiro atoms. The zero-order chi connectivity index (χ0) is 25.3. The lowest BCUT2D eigenvalue weighted by atomic mass is 9.98. The van der Waals surface area contributed by atoms with Crippen LogP contribution in [0.5, 0.6) is 0 Å². The van der Waals surface area contributed by atoms with Crippen LogP contribution in [-0.2, 0) is 11.0 Å². The standard InChI is InChI=1S/C17H16F4N4O.C2HF3O2/c1-8-3-4-10(14(18)9(2)26)5-11(8)12-6-23-16-15(22)24-13(7-25(12)16)17(19,20)21;3-2(4,5)1(6)7/h3-7,9,14,26H,1-2H3,(H2,22,24);(H,6,7). The molecule has 180 valence electrons. The largest absolute Gasteiger partial charge is 0.490 e. The van der Waals surface area contributed by atoms with Gasteiger partial charge in [-0.15, -0.1) is 0 Å². The van der Waals surface area contributed by atoms with Gasteiger partial charge >= 0.3 is 18.3 Å². The van der Waals surface area contributed by atoms with Crippen LogP contribution in [-0.4, -0.2) is 42.8 Å². The molecule has 2 heterocycles. The molecule has 1 aromatic carbocycles. The number of anilines is 1. The van der Waals surface area contributed by atoms with E-state index in [1.54, 1.807) is 13.0 Å². The van der Waals surface area contributed by atoms with Gasteiger partial charge in [0.2, 0.25) is 0 Å². The number of alkyl halides is 7. The number of nitrogens with zero attached hydrogens (tertiary/aromatic N) is 3. The summed E-state index contributed by atoms with van der Waals surface area (Å²) in [5, 5.41) is 16.6. The number of aryl methyl sites for hydroxylation is 1. The van der Waals surface area contributed by atoms with Crippen LogP contribution in [0.3, 0.4) is 0 Å². The molecule has 33 heavy (non-hydrogen) atoms. The van der Waals surface area contributed by atoms with Crippen LogP contribution in [0.2, 0.25) is 0 Å². The number of fused-ring (bicyclic) bond motifs is 1. The third-order valence-corrected chi connectivity index (χ3v) is 4.33. The highest BCUT2D eigenvalue weighted by Gasteiger charge is 2.38. The minimum atomic E-state index is -5.08. The van der Waals surface area contributed by atoms with E-state index in [1.807, 2.05) is 0 Å². The van der Waals surface area contributed by atoms with Gasteiger partial charge in [-0.3, -0.25) is 4.40 Å². The van der Waals surface area contributed by atoms with Gasteiger partial charge in [0.25, 0.3) is 0 Å². The highest BCUT2D eigenvalue weighted by molar-refractivity contribution is 5.73. The number of aliphatic hydroxyl groups is 1. The summed E-state index contributed by atoms with van der Waals surface area (Å²) >= 11 is 0. The van der Waals surface area contributed by atoms with Crippen molar-refractivity contribution in [1.29, 1.82) is 0 Å². The van der Waals surface area contributed by atoms with Crippen LogP contribution in [0, 0.1) is 6.92 Å². The molecule has 0 amide bonds. The van der Waals surface area contributed by atoms with E-state index in [0.29, 0.717) is 16.8 Å². The summed E-state index contributed by atoms with van der Waals surface area (Å²) in [6.45, 7) is 3.06. The van der Waals surface area contributed by atoms with Gasteiger partial charge in [-0.05, 0) is 31.0 Å². The molecule has 0 fully saturated rings. The van der Waals surface area contributed by atoms with Crippen LogP contribution >= 0.6 is 0 Å². The van der Waals surface area contributed by atoms with E-state index < -0.39 is 36.3 Å². The summed E-state index contributed by atoms with van der Waals surface area (Å²) in [7, 11) is 0. The smallest absolute Gasteiger partial charge is 0.475 e. The first kappa shape index (κ1) is 25.8. The van der Waals surface area contributed by atoms with Crippen LogP contribution in [0.15, 0.2) is 30.6 Å². The fourth-order valence-electron chi connectivity index (χ4n) is 2.71. The SMILES string of the molecule is Cc1ccc(C(F)C(C)O)cc1-c1cnc2c(N)nc(C(F)(F)F)cn12.O=C(O)C(F)(F)F. The fraction of sp³-hybridized carbons (Fsp3) is 0.316. The van der Waals surface area contributed by atoms with Crippen molar-refractivity contribution in [1.82, 2.24) is 14.4 Å². The van der Waals surface area contributed by atoms with Crippen molar-refractivity contribution >= 4 is 17.4 Å². The molecule has 7 nitrogen and oxygen atoms in total. The van der Waals surface area contributed by atoms with E-state index >= 15 is 0 Å². The number of carboxylic acids is 1. The number of nitrogens with two attached hydrogens (primary N) is 1. The fourth-order valence-corrected chi connectivity index (χ4v) is 2.71. The maximum Gasteiger partial charge on any atom is 0.490 e. The molecular weight excluding hydrogens is 465 g/mol. The third kappa shape index (κ3) is 5.88. The van der Waals surface area contributed by atoms with Gasteiger partial charge in [-0.2, -0.15) is 26.3 Å². The first-order valence-corrected chi connectivity index (χ1v) is 8.98. The Morgan fingerprint density at radius 1 is 1.18 bits per heavy atom. The maximum absolute atomic E-state index is 14.2. The number of carboxylic acid groups (broad SMARTS) is 1. The van der Waals surface area contributed by atoms with E-state index in [2.05, 4.69) is 9.97 Å². The molecule has 0 saturated carbocycles. The normalized spacial score (nSPS) is 13.9. The summed E-state index contributed by atoms with van der Waals surface area (Å²) in [6, 6.07) is 4.64. The van der Waals surface area contributed by atoms with Crippen molar-refractivity contribution in [2.75, 3.05) is 5.73 Å².